The maximum atomic E-state index is 12.0. The fourth-order valence-corrected chi connectivity index (χ4v) is 2.09. The molecule has 0 saturated heterocycles. The van der Waals surface area contributed by atoms with Crippen LogP contribution in [-0.4, -0.2) is 18.5 Å². The monoisotopic (exact) mass is 341 g/mol. The lowest BCUT2D eigenvalue weighted by Gasteiger charge is -2.16. The Labute approximate surface area is 148 Å². The summed E-state index contributed by atoms with van der Waals surface area (Å²) in [6.45, 7) is 5.48. The molecular formula is C20H23NO4. The Kier molecular flexibility index (Phi) is 6.17. The van der Waals surface area contributed by atoms with Crippen molar-refractivity contribution >= 4 is 17.6 Å². The summed E-state index contributed by atoms with van der Waals surface area (Å²) in [5, 5.41) is 2.71. The first kappa shape index (κ1) is 18.5. The van der Waals surface area contributed by atoms with E-state index in [4.69, 9.17) is 9.47 Å². The minimum absolute atomic E-state index is 0.177. The minimum atomic E-state index is -0.411. The highest BCUT2D eigenvalue weighted by atomic mass is 16.5. The average Bonchev–Trinajstić information content (AvgIpc) is 2.54. The van der Waals surface area contributed by atoms with Crippen LogP contribution in [0.5, 0.6) is 11.5 Å². The van der Waals surface area contributed by atoms with Gasteiger partial charge in [-0.05, 0) is 29.7 Å². The van der Waals surface area contributed by atoms with E-state index in [0.29, 0.717) is 17.2 Å². The van der Waals surface area contributed by atoms with Crippen molar-refractivity contribution in [3.63, 3.8) is 0 Å². The molecule has 0 aliphatic heterocycles. The second-order valence-corrected chi connectivity index (χ2v) is 6.86. The van der Waals surface area contributed by atoms with E-state index in [-0.39, 0.29) is 18.4 Å². The van der Waals surface area contributed by atoms with Crippen LogP contribution in [0.3, 0.4) is 0 Å². The summed E-state index contributed by atoms with van der Waals surface area (Å²) in [6, 6.07) is 16.4. The lowest BCUT2D eigenvalue weighted by Crippen LogP contribution is -2.23. The van der Waals surface area contributed by atoms with Crippen LogP contribution in [0.2, 0.25) is 0 Å². The quantitative estimate of drug-likeness (QED) is 0.791. The van der Waals surface area contributed by atoms with Gasteiger partial charge in [0.15, 0.2) is 12.4 Å². The van der Waals surface area contributed by atoms with Crippen molar-refractivity contribution in [1.82, 2.24) is 0 Å². The summed E-state index contributed by atoms with van der Waals surface area (Å²) in [6.07, 6.45) is 0.258. The van der Waals surface area contributed by atoms with Crippen LogP contribution < -0.4 is 10.1 Å². The van der Waals surface area contributed by atoms with Gasteiger partial charge < -0.3 is 14.8 Å². The van der Waals surface area contributed by atoms with E-state index in [1.54, 1.807) is 18.2 Å². The number of hydrogen-bond acceptors (Lipinski definition) is 4. The standard InChI is InChI=1S/C20H23NO4/c1-20(2,3)13-19(23)24-14-18(22)21-16-11-7-8-12-17(16)25-15-9-5-4-6-10-15/h4-12H,13-14H2,1-3H3,(H,21,22). The van der Waals surface area contributed by atoms with E-state index in [9.17, 15) is 9.59 Å². The molecule has 0 bridgehead atoms. The average molecular weight is 341 g/mol. The summed E-state index contributed by atoms with van der Waals surface area (Å²) >= 11 is 0. The van der Waals surface area contributed by atoms with Gasteiger partial charge in [0, 0.05) is 0 Å². The van der Waals surface area contributed by atoms with Gasteiger partial charge in [-0.2, -0.15) is 0 Å². The predicted octanol–water partition coefficient (Wildman–Crippen LogP) is 4.40. The van der Waals surface area contributed by atoms with Gasteiger partial charge in [0.1, 0.15) is 5.75 Å². The second kappa shape index (κ2) is 8.33. The van der Waals surface area contributed by atoms with Crippen molar-refractivity contribution in [2.45, 2.75) is 27.2 Å². The number of esters is 1. The lowest BCUT2D eigenvalue weighted by atomic mass is 9.92. The Bertz CT molecular complexity index is 720. The number of ether oxygens (including phenoxy) is 2. The lowest BCUT2D eigenvalue weighted by molar-refractivity contribution is -0.149. The van der Waals surface area contributed by atoms with E-state index < -0.39 is 11.9 Å². The number of benzene rings is 2. The second-order valence-electron chi connectivity index (χ2n) is 6.86. The first-order valence-electron chi connectivity index (χ1n) is 8.11. The topological polar surface area (TPSA) is 64.6 Å². The molecule has 2 aromatic carbocycles. The van der Waals surface area contributed by atoms with Gasteiger partial charge in [0.05, 0.1) is 12.1 Å². The minimum Gasteiger partial charge on any atom is -0.456 e. The Balaban J connectivity index is 1.94. The number of hydrogen-bond donors (Lipinski definition) is 1. The molecule has 0 heterocycles. The maximum absolute atomic E-state index is 12.0. The molecule has 0 atom stereocenters. The third-order valence-electron chi connectivity index (χ3n) is 3.17. The van der Waals surface area contributed by atoms with Crippen LogP contribution in [0.4, 0.5) is 5.69 Å². The zero-order valence-corrected chi connectivity index (χ0v) is 14.7. The number of nitrogens with one attached hydrogen (secondary N) is 1. The summed E-state index contributed by atoms with van der Waals surface area (Å²) in [4.78, 5) is 23.7. The van der Waals surface area contributed by atoms with Gasteiger partial charge in [0.2, 0.25) is 0 Å². The van der Waals surface area contributed by atoms with Crippen LogP contribution in [0, 0.1) is 5.41 Å². The van der Waals surface area contributed by atoms with E-state index in [1.807, 2.05) is 57.2 Å². The highest BCUT2D eigenvalue weighted by Crippen LogP contribution is 2.29. The maximum Gasteiger partial charge on any atom is 0.306 e. The molecule has 132 valence electrons. The predicted molar refractivity (Wildman–Crippen MR) is 96.6 cm³/mol. The molecule has 0 radical (unpaired) electrons. The number of rotatable bonds is 6. The van der Waals surface area contributed by atoms with E-state index in [0.717, 1.165) is 0 Å². The Morgan fingerprint density at radius 2 is 1.60 bits per heavy atom. The number of anilines is 1. The van der Waals surface area contributed by atoms with Crippen molar-refractivity contribution < 1.29 is 19.1 Å². The molecule has 0 spiro atoms. The smallest absolute Gasteiger partial charge is 0.306 e. The number of amides is 1. The molecule has 0 saturated carbocycles. The molecule has 0 unspecified atom stereocenters. The molecule has 5 nitrogen and oxygen atoms in total. The van der Waals surface area contributed by atoms with Crippen molar-refractivity contribution in [2.24, 2.45) is 5.41 Å². The Morgan fingerprint density at radius 3 is 2.28 bits per heavy atom. The van der Waals surface area contributed by atoms with E-state index >= 15 is 0 Å². The van der Waals surface area contributed by atoms with Gasteiger partial charge in [0.25, 0.3) is 5.91 Å². The summed E-state index contributed by atoms with van der Waals surface area (Å²) in [7, 11) is 0. The molecule has 1 amide bonds. The molecule has 2 rings (SSSR count). The van der Waals surface area contributed by atoms with Crippen molar-refractivity contribution in [1.29, 1.82) is 0 Å². The molecule has 0 fully saturated rings. The third-order valence-corrected chi connectivity index (χ3v) is 3.17. The molecule has 0 aromatic heterocycles. The first-order chi connectivity index (χ1) is 11.8. The first-order valence-corrected chi connectivity index (χ1v) is 8.11. The highest BCUT2D eigenvalue weighted by Gasteiger charge is 2.18. The van der Waals surface area contributed by atoms with Gasteiger partial charge in [-0.3, -0.25) is 9.59 Å². The molecule has 1 N–H and O–H groups in total. The van der Waals surface area contributed by atoms with Gasteiger partial charge in [-0.15, -0.1) is 0 Å². The van der Waals surface area contributed by atoms with Crippen LogP contribution in [0.15, 0.2) is 54.6 Å². The van der Waals surface area contributed by atoms with Gasteiger partial charge in [-0.1, -0.05) is 51.1 Å². The van der Waals surface area contributed by atoms with Gasteiger partial charge in [-0.25, -0.2) is 0 Å². The largest absolute Gasteiger partial charge is 0.456 e. The highest BCUT2D eigenvalue weighted by molar-refractivity contribution is 5.94. The normalized spacial score (nSPS) is 10.8. The fourth-order valence-electron chi connectivity index (χ4n) is 2.09. The SMILES string of the molecule is CC(C)(C)CC(=O)OCC(=O)Nc1ccccc1Oc1ccccc1. The van der Waals surface area contributed by atoms with Crippen LogP contribution in [0.25, 0.3) is 0 Å². The third kappa shape index (κ3) is 6.67. The molecule has 2 aromatic rings. The van der Waals surface area contributed by atoms with Crippen molar-refractivity contribution in [3.8, 4) is 11.5 Å². The molecule has 25 heavy (non-hydrogen) atoms. The van der Waals surface area contributed by atoms with Crippen LogP contribution >= 0.6 is 0 Å². The molecule has 0 aliphatic rings. The Hall–Kier alpha value is -2.82. The number of carbonyl (C=O) groups is 2. The van der Waals surface area contributed by atoms with Crippen LogP contribution in [-0.2, 0) is 14.3 Å². The Morgan fingerprint density at radius 1 is 0.960 bits per heavy atom. The van der Waals surface area contributed by atoms with E-state index in [2.05, 4.69) is 5.32 Å². The fraction of sp³-hybridized carbons (Fsp3) is 0.300. The summed E-state index contributed by atoms with van der Waals surface area (Å²) < 4.78 is 10.8. The van der Waals surface area contributed by atoms with Crippen molar-refractivity contribution in [2.75, 3.05) is 11.9 Å². The zero-order chi connectivity index (χ0) is 18.3. The number of carbonyl (C=O) groups excluding carboxylic acids is 2. The molecular weight excluding hydrogens is 318 g/mol. The van der Waals surface area contributed by atoms with Crippen LogP contribution in [0.1, 0.15) is 27.2 Å². The zero-order valence-electron chi connectivity index (χ0n) is 14.7. The summed E-state index contributed by atoms with van der Waals surface area (Å²) in [5.41, 5.74) is 0.340. The summed E-state index contributed by atoms with van der Waals surface area (Å²) in [5.74, 6) is 0.381. The van der Waals surface area contributed by atoms with Crippen molar-refractivity contribution in [3.05, 3.63) is 54.6 Å². The van der Waals surface area contributed by atoms with E-state index in [1.165, 1.54) is 0 Å². The molecule has 5 heteroatoms. The van der Waals surface area contributed by atoms with Gasteiger partial charge >= 0.3 is 5.97 Å². The number of para-hydroxylation sites is 3. The molecule has 0 aliphatic carbocycles.